The summed E-state index contributed by atoms with van der Waals surface area (Å²) in [4.78, 5) is 23.3. The van der Waals surface area contributed by atoms with Crippen molar-refractivity contribution in [2.24, 2.45) is 5.73 Å². The molecular formula is C15H24ClN3O3S. The van der Waals surface area contributed by atoms with E-state index in [0.717, 1.165) is 17.7 Å². The van der Waals surface area contributed by atoms with E-state index in [-0.39, 0.29) is 34.8 Å². The summed E-state index contributed by atoms with van der Waals surface area (Å²) in [7, 11) is 0. The predicted molar refractivity (Wildman–Crippen MR) is 96.2 cm³/mol. The number of non-ortho nitro benzene ring substituents is 1. The molecule has 0 heterocycles. The van der Waals surface area contributed by atoms with Crippen molar-refractivity contribution in [1.82, 2.24) is 5.32 Å². The summed E-state index contributed by atoms with van der Waals surface area (Å²) in [5.41, 5.74) is 5.47. The summed E-state index contributed by atoms with van der Waals surface area (Å²) in [5, 5.41) is 13.4. The Morgan fingerprint density at radius 2 is 1.87 bits per heavy atom. The molecule has 3 N–H and O–H groups in total. The fourth-order valence-electron chi connectivity index (χ4n) is 2.03. The Kier molecular flexibility index (Phi) is 9.19. The molecule has 8 heteroatoms. The van der Waals surface area contributed by atoms with E-state index in [1.54, 1.807) is 12.1 Å². The molecule has 0 fully saturated rings. The lowest BCUT2D eigenvalue weighted by Gasteiger charge is -2.32. The van der Waals surface area contributed by atoms with Crippen LogP contribution in [0.15, 0.2) is 29.2 Å². The lowest BCUT2D eigenvalue weighted by Crippen LogP contribution is -2.54. The molecule has 0 radical (unpaired) electrons. The summed E-state index contributed by atoms with van der Waals surface area (Å²) in [5.74, 6) is -0.0718. The number of benzene rings is 1. The molecule has 0 aliphatic heterocycles. The first-order chi connectivity index (χ1) is 10.4. The number of nitrogens with one attached hydrogen (secondary N) is 1. The van der Waals surface area contributed by atoms with Crippen molar-refractivity contribution < 1.29 is 9.72 Å². The van der Waals surface area contributed by atoms with Crippen molar-refractivity contribution in [3.05, 3.63) is 34.4 Å². The molecule has 1 aromatic carbocycles. The third kappa shape index (κ3) is 6.01. The van der Waals surface area contributed by atoms with Gasteiger partial charge in [-0.2, -0.15) is 0 Å². The lowest BCUT2D eigenvalue weighted by atomic mass is 9.93. The average Bonchev–Trinajstić information content (AvgIpc) is 2.53. The van der Waals surface area contributed by atoms with Crippen LogP contribution in [0.3, 0.4) is 0 Å². The first-order valence-electron chi connectivity index (χ1n) is 7.30. The average molecular weight is 362 g/mol. The number of nitro benzene ring substituents is 1. The molecule has 0 aliphatic rings. The van der Waals surface area contributed by atoms with E-state index < -0.39 is 4.92 Å². The quantitative estimate of drug-likeness (QED) is 0.421. The van der Waals surface area contributed by atoms with Crippen molar-refractivity contribution >= 4 is 35.8 Å². The molecule has 0 spiro atoms. The van der Waals surface area contributed by atoms with Gasteiger partial charge in [0, 0.05) is 23.6 Å². The van der Waals surface area contributed by atoms with Crippen molar-refractivity contribution in [2.75, 3.05) is 6.54 Å². The molecule has 6 nitrogen and oxygen atoms in total. The molecule has 1 aromatic rings. The van der Waals surface area contributed by atoms with Crippen LogP contribution >= 0.6 is 24.2 Å². The zero-order chi connectivity index (χ0) is 16.8. The Balaban J connectivity index is 0.00000484. The van der Waals surface area contributed by atoms with Crippen LogP contribution in [-0.4, -0.2) is 28.2 Å². The van der Waals surface area contributed by atoms with Crippen molar-refractivity contribution in [3.8, 4) is 0 Å². The normalized spacial score (nSPS) is 12.2. The van der Waals surface area contributed by atoms with Gasteiger partial charge in [0.2, 0.25) is 5.91 Å². The standard InChI is InChI=1S/C15H23N3O3S.ClH/c1-4-15(5-2,10-16)17-14(19)11(3)22-13-8-6-12(7-9-13)18(20)21;/h6-9,11H,4-5,10,16H2,1-3H3,(H,17,19);1H. The summed E-state index contributed by atoms with van der Waals surface area (Å²) in [6.07, 6.45) is 1.56. The lowest BCUT2D eigenvalue weighted by molar-refractivity contribution is -0.384. The number of nitrogens with zero attached hydrogens (tertiary/aromatic N) is 1. The molecule has 1 unspecified atom stereocenters. The molecular weight excluding hydrogens is 338 g/mol. The molecule has 0 bridgehead atoms. The first kappa shape index (κ1) is 21.7. The molecule has 1 amide bonds. The summed E-state index contributed by atoms with van der Waals surface area (Å²) >= 11 is 1.37. The highest BCUT2D eigenvalue weighted by Crippen LogP contribution is 2.26. The van der Waals surface area contributed by atoms with Gasteiger partial charge in [0.25, 0.3) is 5.69 Å². The summed E-state index contributed by atoms with van der Waals surface area (Å²) in [6.45, 7) is 6.23. The number of halogens is 1. The van der Waals surface area contributed by atoms with Gasteiger partial charge < -0.3 is 11.1 Å². The van der Waals surface area contributed by atoms with Gasteiger partial charge in [-0.05, 0) is 31.9 Å². The van der Waals surface area contributed by atoms with E-state index in [4.69, 9.17) is 5.73 Å². The number of carbonyl (C=O) groups is 1. The van der Waals surface area contributed by atoms with Crippen LogP contribution < -0.4 is 11.1 Å². The minimum atomic E-state index is -0.442. The predicted octanol–water partition coefficient (Wildman–Crippen LogP) is 3.13. The van der Waals surface area contributed by atoms with Gasteiger partial charge in [-0.15, -0.1) is 24.2 Å². The molecule has 130 valence electrons. The highest BCUT2D eigenvalue weighted by atomic mass is 35.5. The number of rotatable bonds is 8. The van der Waals surface area contributed by atoms with E-state index in [9.17, 15) is 14.9 Å². The number of hydrogen-bond donors (Lipinski definition) is 2. The maximum atomic E-state index is 12.3. The van der Waals surface area contributed by atoms with Gasteiger partial charge >= 0.3 is 0 Å². The second kappa shape index (κ2) is 9.75. The van der Waals surface area contributed by atoms with E-state index >= 15 is 0 Å². The van der Waals surface area contributed by atoms with E-state index in [0.29, 0.717) is 6.54 Å². The van der Waals surface area contributed by atoms with E-state index in [1.165, 1.54) is 23.9 Å². The van der Waals surface area contributed by atoms with Gasteiger partial charge in [0.15, 0.2) is 0 Å². The Morgan fingerprint density at radius 3 is 2.26 bits per heavy atom. The van der Waals surface area contributed by atoms with Crippen molar-refractivity contribution in [1.29, 1.82) is 0 Å². The monoisotopic (exact) mass is 361 g/mol. The van der Waals surface area contributed by atoms with Gasteiger partial charge in [-0.1, -0.05) is 13.8 Å². The SMILES string of the molecule is CCC(CC)(CN)NC(=O)C(C)Sc1ccc([N+](=O)[O-])cc1.Cl. The van der Waals surface area contributed by atoms with Crippen LogP contribution in [0.5, 0.6) is 0 Å². The van der Waals surface area contributed by atoms with Crippen LogP contribution in [-0.2, 0) is 4.79 Å². The number of nitro groups is 1. The fourth-order valence-corrected chi connectivity index (χ4v) is 2.90. The van der Waals surface area contributed by atoms with E-state index in [1.807, 2.05) is 20.8 Å². The van der Waals surface area contributed by atoms with Crippen molar-refractivity contribution in [2.45, 2.75) is 49.3 Å². The second-order valence-electron chi connectivity index (χ2n) is 5.19. The Morgan fingerprint density at radius 1 is 1.35 bits per heavy atom. The second-order valence-corrected chi connectivity index (χ2v) is 6.61. The highest BCUT2D eigenvalue weighted by Gasteiger charge is 2.28. The summed E-state index contributed by atoms with van der Waals surface area (Å²) < 4.78 is 0. The molecule has 0 aromatic heterocycles. The third-order valence-corrected chi connectivity index (χ3v) is 4.97. The van der Waals surface area contributed by atoms with Crippen LogP contribution in [0.4, 0.5) is 5.69 Å². The van der Waals surface area contributed by atoms with E-state index in [2.05, 4.69) is 5.32 Å². The van der Waals surface area contributed by atoms with Crippen molar-refractivity contribution in [3.63, 3.8) is 0 Å². The van der Waals surface area contributed by atoms with Crippen LogP contribution in [0.25, 0.3) is 0 Å². The van der Waals surface area contributed by atoms with Gasteiger partial charge in [-0.3, -0.25) is 14.9 Å². The Labute approximate surface area is 147 Å². The zero-order valence-electron chi connectivity index (χ0n) is 13.6. The van der Waals surface area contributed by atoms with Gasteiger partial charge in [0.1, 0.15) is 0 Å². The maximum absolute atomic E-state index is 12.3. The molecule has 23 heavy (non-hydrogen) atoms. The fraction of sp³-hybridized carbons (Fsp3) is 0.533. The number of thioether (sulfide) groups is 1. The molecule has 1 rings (SSSR count). The van der Waals surface area contributed by atoms with Gasteiger partial charge in [-0.25, -0.2) is 0 Å². The molecule has 0 aliphatic carbocycles. The highest BCUT2D eigenvalue weighted by molar-refractivity contribution is 8.00. The van der Waals surface area contributed by atoms with Gasteiger partial charge in [0.05, 0.1) is 15.7 Å². The minimum absolute atomic E-state index is 0. The number of amides is 1. The Hall–Kier alpha value is -1.31. The topological polar surface area (TPSA) is 98.3 Å². The number of hydrogen-bond acceptors (Lipinski definition) is 5. The van der Waals surface area contributed by atoms with Crippen LogP contribution in [0, 0.1) is 10.1 Å². The minimum Gasteiger partial charge on any atom is -0.348 e. The number of carbonyl (C=O) groups excluding carboxylic acids is 1. The molecule has 0 saturated carbocycles. The Bertz CT molecular complexity index is 513. The maximum Gasteiger partial charge on any atom is 0.269 e. The summed E-state index contributed by atoms with van der Waals surface area (Å²) in [6, 6.07) is 6.19. The first-order valence-corrected chi connectivity index (χ1v) is 8.18. The van der Waals surface area contributed by atoms with Crippen LogP contribution in [0.1, 0.15) is 33.6 Å². The molecule has 0 saturated heterocycles. The van der Waals surface area contributed by atoms with Crippen LogP contribution in [0.2, 0.25) is 0 Å². The third-order valence-electron chi connectivity index (χ3n) is 3.86. The number of nitrogens with two attached hydrogens (primary N) is 1. The smallest absolute Gasteiger partial charge is 0.269 e. The molecule has 1 atom stereocenters. The zero-order valence-corrected chi connectivity index (χ0v) is 15.2. The largest absolute Gasteiger partial charge is 0.348 e.